The van der Waals surface area contributed by atoms with Crippen LogP contribution < -0.4 is 15.4 Å². The molecule has 0 aromatic heterocycles. The van der Waals surface area contributed by atoms with Gasteiger partial charge < -0.3 is 10.1 Å². The van der Waals surface area contributed by atoms with E-state index in [-0.39, 0.29) is 16.7 Å². The van der Waals surface area contributed by atoms with Gasteiger partial charge in [-0.25, -0.2) is 0 Å². The second kappa shape index (κ2) is 10.1. The van der Waals surface area contributed by atoms with E-state index in [2.05, 4.69) is 40.4 Å². The number of nitrogens with one attached hydrogen (secondary N) is 2. The van der Waals surface area contributed by atoms with Gasteiger partial charge in [0.25, 0.3) is 11.6 Å². The van der Waals surface area contributed by atoms with Gasteiger partial charge in [0.1, 0.15) is 5.75 Å². The highest BCUT2D eigenvalue weighted by Gasteiger charge is 2.12. The Morgan fingerprint density at radius 2 is 2.04 bits per heavy atom. The second-order valence-electron chi connectivity index (χ2n) is 6.39. The summed E-state index contributed by atoms with van der Waals surface area (Å²) in [5.74, 6) is 0.767. The van der Waals surface area contributed by atoms with E-state index >= 15 is 0 Å². The van der Waals surface area contributed by atoms with Crippen LogP contribution in [0.25, 0.3) is 0 Å². The molecule has 2 N–H and O–H groups in total. The maximum Gasteiger partial charge on any atom is 0.270 e. The fourth-order valence-electron chi connectivity index (χ4n) is 2.19. The van der Waals surface area contributed by atoms with Gasteiger partial charge in [0.15, 0.2) is 5.11 Å². The zero-order valence-corrected chi connectivity index (χ0v) is 17.8. The van der Waals surface area contributed by atoms with E-state index in [9.17, 15) is 14.9 Å². The first kappa shape index (κ1) is 21.8. The van der Waals surface area contributed by atoms with Crippen LogP contribution in [0.2, 0.25) is 0 Å². The van der Waals surface area contributed by atoms with Crippen LogP contribution in [-0.4, -0.2) is 22.5 Å². The molecule has 0 radical (unpaired) electrons. The lowest BCUT2D eigenvalue weighted by atomic mass is 10.1. The standard InChI is InChI=1S/C19H20BrN3O4S/c1-12(2)8-9-27-15-5-3-4-13(10-15)18(24)22-19(28)21-17-7-6-14(23(25)26)11-16(17)20/h3-7,10-12H,8-9H2,1-2H3,(H2,21,22,24,28). The summed E-state index contributed by atoms with van der Waals surface area (Å²) >= 11 is 8.40. The van der Waals surface area contributed by atoms with Crippen molar-refractivity contribution in [1.82, 2.24) is 5.32 Å². The molecule has 0 aliphatic carbocycles. The number of anilines is 1. The van der Waals surface area contributed by atoms with E-state index in [1.165, 1.54) is 18.2 Å². The van der Waals surface area contributed by atoms with E-state index in [1.807, 2.05) is 0 Å². The molecule has 0 aliphatic heterocycles. The molecule has 2 rings (SSSR count). The third-order valence-electron chi connectivity index (χ3n) is 3.70. The van der Waals surface area contributed by atoms with Crippen LogP contribution in [0.3, 0.4) is 0 Å². The molecule has 28 heavy (non-hydrogen) atoms. The summed E-state index contributed by atoms with van der Waals surface area (Å²) in [5.41, 5.74) is 0.859. The number of thiocarbonyl (C=S) groups is 1. The minimum Gasteiger partial charge on any atom is -0.494 e. The van der Waals surface area contributed by atoms with E-state index in [1.54, 1.807) is 24.3 Å². The summed E-state index contributed by atoms with van der Waals surface area (Å²) in [6.07, 6.45) is 0.925. The number of hydrogen-bond acceptors (Lipinski definition) is 5. The molecule has 0 aliphatic rings. The number of carbonyl (C=O) groups excluding carboxylic acids is 1. The summed E-state index contributed by atoms with van der Waals surface area (Å²) in [4.78, 5) is 22.7. The summed E-state index contributed by atoms with van der Waals surface area (Å²) < 4.78 is 6.12. The van der Waals surface area contributed by atoms with Crippen molar-refractivity contribution in [3.8, 4) is 5.75 Å². The van der Waals surface area contributed by atoms with Gasteiger partial charge in [-0.3, -0.25) is 20.2 Å². The molecule has 0 saturated carbocycles. The first-order chi connectivity index (χ1) is 13.3. The molecule has 148 valence electrons. The normalized spacial score (nSPS) is 10.4. The second-order valence-corrected chi connectivity index (χ2v) is 7.65. The van der Waals surface area contributed by atoms with Gasteiger partial charge in [-0.2, -0.15) is 0 Å². The summed E-state index contributed by atoms with van der Waals surface area (Å²) in [7, 11) is 0. The highest BCUT2D eigenvalue weighted by atomic mass is 79.9. The third-order valence-corrected chi connectivity index (χ3v) is 4.56. The smallest absolute Gasteiger partial charge is 0.270 e. The van der Waals surface area contributed by atoms with Crippen LogP contribution in [0.5, 0.6) is 5.75 Å². The Bertz CT molecular complexity index is 889. The Hall–Kier alpha value is -2.52. The molecular formula is C19H20BrN3O4S. The van der Waals surface area contributed by atoms with Crippen molar-refractivity contribution < 1.29 is 14.5 Å². The van der Waals surface area contributed by atoms with Gasteiger partial charge in [-0.1, -0.05) is 19.9 Å². The number of ether oxygens (including phenoxy) is 1. The number of nitrogens with zero attached hydrogens (tertiary/aromatic N) is 1. The zero-order valence-electron chi connectivity index (χ0n) is 15.4. The van der Waals surface area contributed by atoms with E-state index < -0.39 is 4.92 Å². The lowest BCUT2D eigenvalue weighted by Crippen LogP contribution is -2.34. The Morgan fingerprint density at radius 1 is 1.29 bits per heavy atom. The Morgan fingerprint density at radius 3 is 2.68 bits per heavy atom. The zero-order chi connectivity index (χ0) is 20.7. The van der Waals surface area contributed by atoms with E-state index in [4.69, 9.17) is 17.0 Å². The van der Waals surface area contributed by atoms with Gasteiger partial charge in [0.2, 0.25) is 0 Å². The van der Waals surface area contributed by atoms with Crippen molar-refractivity contribution in [2.24, 2.45) is 5.92 Å². The van der Waals surface area contributed by atoms with Crippen molar-refractivity contribution in [1.29, 1.82) is 0 Å². The Labute approximate surface area is 176 Å². The number of rotatable bonds is 7. The minimum absolute atomic E-state index is 0.0540. The minimum atomic E-state index is -0.495. The number of benzene rings is 2. The number of hydrogen-bond donors (Lipinski definition) is 2. The molecule has 2 aromatic carbocycles. The number of halogens is 1. The van der Waals surface area contributed by atoms with Gasteiger partial charge in [-0.05, 0) is 64.8 Å². The quantitative estimate of drug-likeness (QED) is 0.342. The molecular weight excluding hydrogens is 446 g/mol. The average Bonchev–Trinajstić information content (AvgIpc) is 2.63. The largest absolute Gasteiger partial charge is 0.494 e. The van der Waals surface area contributed by atoms with Crippen LogP contribution in [0.4, 0.5) is 11.4 Å². The van der Waals surface area contributed by atoms with E-state index in [0.717, 1.165) is 6.42 Å². The Balaban J connectivity index is 1.97. The van der Waals surface area contributed by atoms with Crippen LogP contribution in [-0.2, 0) is 0 Å². The van der Waals surface area contributed by atoms with Crippen LogP contribution >= 0.6 is 28.1 Å². The number of nitro groups is 1. The summed E-state index contributed by atoms with van der Waals surface area (Å²) in [6, 6.07) is 11.0. The maximum absolute atomic E-state index is 12.4. The van der Waals surface area contributed by atoms with Crippen LogP contribution in [0.15, 0.2) is 46.9 Å². The lowest BCUT2D eigenvalue weighted by Gasteiger charge is -2.12. The molecule has 1 amide bonds. The number of amides is 1. The highest BCUT2D eigenvalue weighted by molar-refractivity contribution is 9.10. The van der Waals surface area contributed by atoms with Gasteiger partial charge in [0.05, 0.1) is 17.2 Å². The van der Waals surface area contributed by atoms with Crippen molar-refractivity contribution in [2.45, 2.75) is 20.3 Å². The molecule has 0 unspecified atom stereocenters. The van der Waals surface area contributed by atoms with Crippen molar-refractivity contribution in [2.75, 3.05) is 11.9 Å². The highest BCUT2D eigenvalue weighted by Crippen LogP contribution is 2.27. The van der Waals surface area contributed by atoms with Gasteiger partial charge in [-0.15, -0.1) is 0 Å². The van der Waals surface area contributed by atoms with Crippen molar-refractivity contribution in [3.63, 3.8) is 0 Å². The maximum atomic E-state index is 12.4. The first-order valence-electron chi connectivity index (χ1n) is 8.55. The van der Waals surface area contributed by atoms with Gasteiger partial charge >= 0.3 is 0 Å². The molecule has 0 bridgehead atoms. The predicted octanol–water partition coefficient (Wildman–Crippen LogP) is 4.91. The van der Waals surface area contributed by atoms with E-state index in [0.29, 0.717) is 34.0 Å². The van der Waals surface area contributed by atoms with Crippen LogP contribution in [0, 0.1) is 16.0 Å². The van der Waals surface area contributed by atoms with Crippen molar-refractivity contribution in [3.05, 3.63) is 62.6 Å². The SMILES string of the molecule is CC(C)CCOc1cccc(C(=O)NC(=S)Nc2ccc([N+](=O)[O-])cc2Br)c1. The molecule has 0 saturated heterocycles. The lowest BCUT2D eigenvalue weighted by molar-refractivity contribution is -0.384. The third kappa shape index (κ3) is 6.58. The number of non-ortho nitro benzene ring substituents is 1. The predicted molar refractivity (Wildman–Crippen MR) is 116 cm³/mol. The summed E-state index contributed by atoms with van der Waals surface area (Å²) in [5, 5.41) is 16.3. The van der Waals surface area contributed by atoms with Crippen molar-refractivity contribution >= 4 is 50.5 Å². The first-order valence-corrected chi connectivity index (χ1v) is 9.75. The molecule has 7 nitrogen and oxygen atoms in total. The topological polar surface area (TPSA) is 93.5 Å². The molecule has 9 heteroatoms. The molecule has 0 atom stereocenters. The fourth-order valence-corrected chi connectivity index (χ4v) is 2.86. The van der Waals surface area contributed by atoms with Crippen LogP contribution in [0.1, 0.15) is 30.6 Å². The average molecular weight is 466 g/mol. The molecule has 0 fully saturated rings. The summed E-state index contributed by atoms with van der Waals surface area (Å²) in [6.45, 7) is 4.81. The van der Waals surface area contributed by atoms with Gasteiger partial charge in [0, 0.05) is 22.2 Å². The molecule has 2 aromatic rings. The molecule has 0 heterocycles. The monoisotopic (exact) mass is 465 g/mol. The fraction of sp³-hybridized carbons (Fsp3) is 0.263. The Kier molecular flexibility index (Phi) is 7.89. The number of nitro benzene ring substituents is 1. The molecule has 0 spiro atoms. The number of carbonyl (C=O) groups is 1.